The summed E-state index contributed by atoms with van der Waals surface area (Å²) in [7, 11) is 5.62. The minimum atomic E-state index is -0.0636. The first-order chi connectivity index (χ1) is 12.6. The molecule has 0 radical (unpaired) electrons. The Balaban J connectivity index is 1.88. The summed E-state index contributed by atoms with van der Waals surface area (Å²) in [6.45, 7) is 1.34. The molecule has 0 bridgehead atoms. The Morgan fingerprint density at radius 2 is 2.12 bits per heavy atom. The molecule has 1 aromatic carbocycles. The highest BCUT2D eigenvalue weighted by Gasteiger charge is 2.18. The van der Waals surface area contributed by atoms with Crippen molar-refractivity contribution in [3.8, 4) is 5.75 Å². The molecule has 2 aromatic heterocycles. The van der Waals surface area contributed by atoms with E-state index in [1.807, 2.05) is 55.9 Å². The van der Waals surface area contributed by atoms with Crippen molar-refractivity contribution >= 4 is 50.0 Å². The van der Waals surface area contributed by atoms with Crippen LogP contribution in [0.1, 0.15) is 4.88 Å². The summed E-state index contributed by atoms with van der Waals surface area (Å²) in [5, 5.41) is 2.70. The van der Waals surface area contributed by atoms with Gasteiger partial charge in [0, 0.05) is 30.1 Å². The van der Waals surface area contributed by atoms with Crippen LogP contribution in [0.5, 0.6) is 5.75 Å². The van der Waals surface area contributed by atoms with Gasteiger partial charge >= 0.3 is 0 Å². The summed E-state index contributed by atoms with van der Waals surface area (Å²) < 4.78 is 6.30. The number of hydrogen-bond acceptors (Lipinski definition) is 6. The van der Waals surface area contributed by atoms with Crippen molar-refractivity contribution in [3.63, 3.8) is 0 Å². The predicted molar refractivity (Wildman–Crippen MR) is 110 cm³/mol. The zero-order valence-corrected chi connectivity index (χ0v) is 16.6. The summed E-state index contributed by atoms with van der Waals surface area (Å²) in [5.74, 6) is 0.699. The summed E-state index contributed by atoms with van der Waals surface area (Å²) in [5.41, 5.74) is 0.842. The molecule has 5 nitrogen and oxygen atoms in total. The molecule has 0 aliphatic rings. The molecule has 136 valence electrons. The van der Waals surface area contributed by atoms with Crippen molar-refractivity contribution in [1.29, 1.82) is 0 Å². The van der Waals surface area contributed by atoms with E-state index in [2.05, 4.69) is 9.88 Å². The molecule has 0 aliphatic carbocycles. The number of hydrogen-bond donors (Lipinski definition) is 0. The largest absolute Gasteiger partial charge is 0.497 e. The maximum absolute atomic E-state index is 12.8. The highest BCUT2D eigenvalue weighted by Crippen LogP contribution is 2.31. The fraction of sp³-hybridized carbons (Fsp3) is 0.263. The molecule has 0 N–H and O–H groups in total. The molecule has 0 aliphatic heterocycles. The first-order valence-corrected chi connectivity index (χ1v) is 9.89. The van der Waals surface area contributed by atoms with Crippen molar-refractivity contribution in [2.45, 2.75) is 0 Å². The van der Waals surface area contributed by atoms with Crippen LogP contribution >= 0.6 is 22.7 Å². The number of thiazole rings is 1. The van der Waals surface area contributed by atoms with Gasteiger partial charge in [-0.1, -0.05) is 17.4 Å². The Labute approximate surface area is 161 Å². The van der Waals surface area contributed by atoms with Crippen LogP contribution in [0, 0.1) is 0 Å². The molecule has 3 aromatic rings. The maximum atomic E-state index is 12.8. The molecular formula is C19H21N3O2S2. The monoisotopic (exact) mass is 387 g/mol. The van der Waals surface area contributed by atoms with E-state index >= 15 is 0 Å². The average molecular weight is 388 g/mol. The third-order valence-electron chi connectivity index (χ3n) is 3.78. The number of rotatable bonds is 7. The Bertz CT molecular complexity index is 901. The molecule has 7 heteroatoms. The zero-order valence-electron chi connectivity index (χ0n) is 15.0. The lowest BCUT2D eigenvalue weighted by Crippen LogP contribution is -2.35. The number of anilines is 1. The van der Waals surface area contributed by atoms with E-state index in [1.54, 1.807) is 29.4 Å². The van der Waals surface area contributed by atoms with Crippen LogP contribution in [0.25, 0.3) is 16.3 Å². The van der Waals surface area contributed by atoms with Gasteiger partial charge in [-0.15, -0.1) is 11.3 Å². The highest BCUT2D eigenvalue weighted by molar-refractivity contribution is 7.22. The summed E-state index contributed by atoms with van der Waals surface area (Å²) in [4.78, 5) is 22.3. The molecule has 0 atom stereocenters. The van der Waals surface area contributed by atoms with Gasteiger partial charge in [0.2, 0.25) is 0 Å². The van der Waals surface area contributed by atoms with E-state index < -0.39 is 0 Å². The fourth-order valence-corrected chi connectivity index (χ4v) is 3.96. The number of aromatic nitrogens is 1. The lowest BCUT2D eigenvalue weighted by atomic mass is 10.3. The van der Waals surface area contributed by atoms with E-state index in [1.165, 1.54) is 11.3 Å². The standard InChI is InChI=1S/C19H21N3O2S2/c1-21(2)10-11-22(18(23)9-7-15-5-4-12-25-15)19-20-16-13-14(24-3)6-8-17(16)26-19/h4-9,12-13H,10-11H2,1-3H3/b9-7+. The first kappa shape index (κ1) is 18.6. The van der Waals surface area contributed by atoms with Crippen LogP contribution in [0.4, 0.5) is 5.13 Å². The SMILES string of the molecule is COc1ccc2sc(N(CCN(C)C)C(=O)/C=C/c3cccs3)nc2c1. The lowest BCUT2D eigenvalue weighted by Gasteiger charge is -2.20. The number of thiophene rings is 1. The molecule has 3 rings (SSSR count). The number of nitrogens with zero attached hydrogens (tertiary/aromatic N) is 3. The number of benzene rings is 1. The Morgan fingerprint density at radius 3 is 2.81 bits per heavy atom. The molecule has 2 heterocycles. The van der Waals surface area contributed by atoms with E-state index in [0.717, 1.165) is 27.4 Å². The average Bonchev–Trinajstić information content (AvgIpc) is 3.28. The molecular weight excluding hydrogens is 366 g/mol. The zero-order chi connectivity index (χ0) is 18.5. The van der Waals surface area contributed by atoms with Crippen LogP contribution in [-0.4, -0.2) is 50.1 Å². The summed E-state index contributed by atoms with van der Waals surface area (Å²) in [6.07, 6.45) is 3.47. The minimum absolute atomic E-state index is 0.0636. The van der Waals surface area contributed by atoms with Crippen molar-refractivity contribution in [2.75, 3.05) is 39.2 Å². The van der Waals surface area contributed by atoms with Gasteiger partial charge in [0.05, 0.1) is 17.3 Å². The van der Waals surface area contributed by atoms with Crippen LogP contribution in [0.2, 0.25) is 0 Å². The van der Waals surface area contributed by atoms with Gasteiger partial charge in [0.1, 0.15) is 5.75 Å². The smallest absolute Gasteiger partial charge is 0.252 e. The third-order valence-corrected chi connectivity index (χ3v) is 5.68. The Kier molecular flexibility index (Phi) is 6.03. The highest BCUT2D eigenvalue weighted by atomic mass is 32.1. The first-order valence-electron chi connectivity index (χ1n) is 8.19. The molecule has 0 saturated heterocycles. The van der Waals surface area contributed by atoms with Crippen molar-refractivity contribution < 1.29 is 9.53 Å². The normalized spacial score (nSPS) is 11.5. The van der Waals surface area contributed by atoms with Gasteiger partial charge < -0.3 is 9.64 Å². The second-order valence-electron chi connectivity index (χ2n) is 5.97. The van der Waals surface area contributed by atoms with Gasteiger partial charge in [-0.3, -0.25) is 9.69 Å². The van der Waals surface area contributed by atoms with Gasteiger partial charge in [0.25, 0.3) is 5.91 Å². The Hall–Kier alpha value is -2.22. The molecule has 26 heavy (non-hydrogen) atoms. The summed E-state index contributed by atoms with van der Waals surface area (Å²) >= 11 is 3.12. The van der Waals surface area contributed by atoms with E-state index in [-0.39, 0.29) is 5.91 Å². The number of likely N-dealkylation sites (N-methyl/N-ethyl adjacent to an activating group) is 1. The molecule has 0 fully saturated rings. The second kappa shape index (κ2) is 8.44. The minimum Gasteiger partial charge on any atom is -0.497 e. The van der Waals surface area contributed by atoms with Gasteiger partial charge in [-0.25, -0.2) is 4.98 Å². The van der Waals surface area contributed by atoms with Gasteiger partial charge in [-0.05, 0) is 43.8 Å². The van der Waals surface area contributed by atoms with Crippen LogP contribution < -0.4 is 9.64 Å². The van der Waals surface area contributed by atoms with Crippen molar-refractivity contribution in [2.24, 2.45) is 0 Å². The predicted octanol–water partition coefficient (Wildman–Crippen LogP) is 3.97. The number of ether oxygens (including phenoxy) is 1. The van der Waals surface area contributed by atoms with Gasteiger partial charge in [0.15, 0.2) is 5.13 Å². The number of carbonyl (C=O) groups excluding carboxylic acids is 1. The maximum Gasteiger partial charge on any atom is 0.252 e. The second-order valence-corrected chi connectivity index (χ2v) is 7.96. The summed E-state index contributed by atoms with van der Waals surface area (Å²) in [6, 6.07) is 9.74. The van der Waals surface area contributed by atoms with Crippen LogP contribution in [0.3, 0.4) is 0 Å². The van der Waals surface area contributed by atoms with Crippen LogP contribution in [0.15, 0.2) is 41.8 Å². The van der Waals surface area contributed by atoms with Crippen molar-refractivity contribution in [3.05, 3.63) is 46.7 Å². The van der Waals surface area contributed by atoms with E-state index in [4.69, 9.17) is 4.74 Å². The van der Waals surface area contributed by atoms with Crippen molar-refractivity contribution in [1.82, 2.24) is 9.88 Å². The third kappa shape index (κ3) is 4.49. The number of amides is 1. The number of carbonyl (C=O) groups is 1. The fourth-order valence-electron chi connectivity index (χ4n) is 2.37. The molecule has 0 spiro atoms. The molecule has 1 amide bonds. The molecule has 0 unspecified atom stereocenters. The number of methoxy groups -OCH3 is 1. The van der Waals surface area contributed by atoms with E-state index in [9.17, 15) is 4.79 Å². The quantitative estimate of drug-likeness (QED) is 0.576. The van der Waals surface area contributed by atoms with E-state index in [0.29, 0.717) is 11.7 Å². The topological polar surface area (TPSA) is 45.7 Å². The van der Waals surface area contributed by atoms with Gasteiger partial charge in [-0.2, -0.15) is 0 Å². The lowest BCUT2D eigenvalue weighted by molar-refractivity contribution is -0.114. The number of fused-ring (bicyclic) bond motifs is 1. The Morgan fingerprint density at radius 1 is 1.27 bits per heavy atom. The van der Waals surface area contributed by atoms with Crippen LogP contribution in [-0.2, 0) is 4.79 Å². The molecule has 0 saturated carbocycles.